The predicted octanol–water partition coefficient (Wildman–Crippen LogP) is 2.05. The third-order valence-corrected chi connectivity index (χ3v) is 4.64. The topological polar surface area (TPSA) is 85.4 Å². The second kappa shape index (κ2) is 5.59. The van der Waals surface area contributed by atoms with Gasteiger partial charge in [0.2, 0.25) is 0 Å². The zero-order valence-corrected chi connectivity index (χ0v) is 14.7. The van der Waals surface area contributed by atoms with Crippen molar-refractivity contribution in [3.63, 3.8) is 0 Å². The van der Waals surface area contributed by atoms with Gasteiger partial charge in [-0.15, -0.1) is 0 Å². The highest BCUT2D eigenvalue weighted by molar-refractivity contribution is 5.69. The maximum absolute atomic E-state index is 12.2. The van der Waals surface area contributed by atoms with E-state index in [0.717, 1.165) is 18.0 Å². The molecule has 1 N–H and O–H groups in total. The summed E-state index contributed by atoms with van der Waals surface area (Å²) in [6.45, 7) is 7.45. The molecule has 2 aromatic heterocycles. The third kappa shape index (κ3) is 2.90. The van der Waals surface area contributed by atoms with E-state index in [1.807, 2.05) is 37.6 Å². The van der Waals surface area contributed by atoms with Crippen LogP contribution in [0, 0.1) is 0 Å². The number of rotatable bonds is 3. The first-order valence-corrected chi connectivity index (χ1v) is 8.50. The quantitative estimate of drug-likeness (QED) is 0.916. The molecule has 1 amide bonds. The molecule has 0 aromatic carbocycles. The zero-order valence-electron chi connectivity index (χ0n) is 14.7. The lowest BCUT2D eigenvalue weighted by Gasteiger charge is -2.47. The van der Waals surface area contributed by atoms with Gasteiger partial charge in [-0.3, -0.25) is 0 Å². The van der Waals surface area contributed by atoms with Gasteiger partial charge in [0.05, 0.1) is 31.9 Å². The summed E-state index contributed by atoms with van der Waals surface area (Å²) in [7, 11) is 0. The van der Waals surface area contributed by atoms with Crippen LogP contribution in [-0.4, -0.2) is 44.4 Å². The molecule has 1 atom stereocenters. The predicted molar refractivity (Wildman–Crippen MR) is 88.7 cm³/mol. The fourth-order valence-electron chi connectivity index (χ4n) is 3.59. The fraction of sp³-hybridized carbons (Fsp3) is 0.588. The van der Waals surface area contributed by atoms with Crippen LogP contribution in [0.25, 0.3) is 0 Å². The van der Waals surface area contributed by atoms with Crippen LogP contribution in [0.4, 0.5) is 4.79 Å². The minimum absolute atomic E-state index is 0.0911. The largest absolute Gasteiger partial charge is 0.468 e. The van der Waals surface area contributed by atoms with Crippen molar-refractivity contribution in [1.29, 1.82) is 0 Å². The number of nitrogens with one attached hydrogen (secondary N) is 1. The van der Waals surface area contributed by atoms with E-state index >= 15 is 0 Å². The number of nitrogens with zero attached hydrogens (tertiary/aromatic N) is 4. The minimum atomic E-state index is -0.485. The van der Waals surface area contributed by atoms with Gasteiger partial charge in [-0.1, -0.05) is 0 Å². The first-order valence-electron chi connectivity index (χ1n) is 8.50. The molecule has 1 spiro atoms. The number of carbonyl (C=O) groups excluding carboxylic acids is 1. The number of hydrogen-bond acceptors (Lipinski definition) is 6. The molecule has 0 bridgehead atoms. The number of amides is 1. The Balaban J connectivity index is 1.42. The molecule has 1 unspecified atom stereocenters. The van der Waals surface area contributed by atoms with Gasteiger partial charge < -0.3 is 19.4 Å². The molecule has 2 aliphatic rings. The van der Waals surface area contributed by atoms with Gasteiger partial charge >= 0.3 is 6.09 Å². The normalized spacial score (nSPS) is 21.2. The van der Waals surface area contributed by atoms with E-state index in [4.69, 9.17) is 9.15 Å². The van der Waals surface area contributed by atoms with Crippen LogP contribution in [0.15, 0.2) is 29.1 Å². The summed E-state index contributed by atoms with van der Waals surface area (Å²) in [5.74, 6) is 1.80. The van der Waals surface area contributed by atoms with E-state index in [0.29, 0.717) is 19.6 Å². The third-order valence-electron chi connectivity index (χ3n) is 4.64. The minimum Gasteiger partial charge on any atom is -0.468 e. The van der Waals surface area contributed by atoms with Crippen molar-refractivity contribution in [2.24, 2.45) is 0 Å². The van der Waals surface area contributed by atoms with Crippen LogP contribution < -0.4 is 5.32 Å². The van der Waals surface area contributed by atoms with Gasteiger partial charge in [0.15, 0.2) is 0 Å². The van der Waals surface area contributed by atoms with Crippen LogP contribution in [0.3, 0.4) is 0 Å². The van der Waals surface area contributed by atoms with Gasteiger partial charge in [0.1, 0.15) is 29.1 Å². The Labute approximate surface area is 146 Å². The van der Waals surface area contributed by atoms with Crippen LogP contribution in [0.5, 0.6) is 0 Å². The van der Waals surface area contributed by atoms with Crippen LogP contribution in [-0.2, 0) is 16.8 Å². The van der Waals surface area contributed by atoms with Crippen molar-refractivity contribution in [3.8, 4) is 0 Å². The fourth-order valence-corrected chi connectivity index (χ4v) is 3.59. The molecule has 2 aliphatic heterocycles. The number of aromatic nitrogens is 3. The highest BCUT2D eigenvalue weighted by Crippen LogP contribution is 2.44. The Hall–Kier alpha value is -2.35. The van der Waals surface area contributed by atoms with Crippen molar-refractivity contribution in [2.45, 2.75) is 50.9 Å². The van der Waals surface area contributed by atoms with Gasteiger partial charge in [0, 0.05) is 0 Å². The number of likely N-dealkylation sites (tertiary alicyclic amines) is 1. The first-order chi connectivity index (χ1) is 11.9. The van der Waals surface area contributed by atoms with E-state index in [1.54, 1.807) is 17.5 Å². The van der Waals surface area contributed by atoms with Crippen molar-refractivity contribution in [3.05, 3.63) is 36.3 Å². The van der Waals surface area contributed by atoms with E-state index in [1.165, 1.54) is 0 Å². The highest BCUT2D eigenvalue weighted by atomic mass is 16.6. The summed E-state index contributed by atoms with van der Waals surface area (Å²) in [5.41, 5.74) is -0.676. The Morgan fingerprint density at radius 3 is 2.96 bits per heavy atom. The first kappa shape index (κ1) is 16.1. The number of hydrogen-bond donors (Lipinski definition) is 1. The number of ether oxygens (including phenoxy) is 1. The summed E-state index contributed by atoms with van der Waals surface area (Å²) in [6, 6.07) is 3.91. The number of carbonyl (C=O) groups is 1. The van der Waals surface area contributed by atoms with E-state index < -0.39 is 5.60 Å². The van der Waals surface area contributed by atoms with Crippen LogP contribution >= 0.6 is 0 Å². The van der Waals surface area contributed by atoms with Crippen molar-refractivity contribution in [2.75, 3.05) is 13.1 Å². The summed E-state index contributed by atoms with van der Waals surface area (Å²) in [4.78, 5) is 18.4. The van der Waals surface area contributed by atoms with Gasteiger partial charge in [-0.05, 0) is 39.3 Å². The van der Waals surface area contributed by atoms with Gasteiger partial charge in [-0.25, -0.2) is 14.5 Å². The molecular formula is C17H23N5O3. The molecule has 8 nitrogen and oxygen atoms in total. The molecule has 1 saturated heterocycles. The van der Waals surface area contributed by atoms with Crippen LogP contribution in [0.1, 0.15) is 44.8 Å². The number of furan rings is 1. The molecule has 0 radical (unpaired) electrons. The smallest absolute Gasteiger partial charge is 0.410 e. The molecule has 25 heavy (non-hydrogen) atoms. The highest BCUT2D eigenvalue weighted by Gasteiger charge is 2.55. The lowest BCUT2D eigenvalue weighted by atomic mass is 9.87. The zero-order chi connectivity index (χ0) is 17.7. The van der Waals surface area contributed by atoms with E-state index in [-0.39, 0.29) is 17.7 Å². The molecule has 1 fully saturated rings. The summed E-state index contributed by atoms with van der Waals surface area (Å²) < 4.78 is 12.8. The molecular weight excluding hydrogens is 322 g/mol. The monoisotopic (exact) mass is 345 g/mol. The lowest BCUT2D eigenvalue weighted by Crippen LogP contribution is -2.64. The SMILES string of the molecule is CC(C)(C)OC(=O)N1CC2(CC(NCc3ccco3)c3ncnn32)C1. The van der Waals surface area contributed by atoms with E-state index in [9.17, 15) is 4.79 Å². The average Bonchev–Trinajstić information content (AvgIpc) is 3.19. The lowest BCUT2D eigenvalue weighted by molar-refractivity contribution is -0.0314. The summed E-state index contributed by atoms with van der Waals surface area (Å²) in [6.07, 6.45) is 3.82. The van der Waals surface area contributed by atoms with Crippen molar-refractivity contribution in [1.82, 2.24) is 25.0 Å². The molecule has 4 heterocycles. The Bertz CT molecular complexity index is 756. The summed E-state index contributed by atoms with van der Waals surface area (Å²) >= 11 is 0. The Morgan fingerprint density at radius 2 is 2.28 bits per heavy atom. The second-order valence-electron chi connectivity index (χ2n) is 7.81. The molecule has 8 heteroatoms. The van der Waals surface area contributed by atoms with Crippen molar-refractivity contribution < 1.29 is 13.9 Å². The molecule has 0 aliphatic carbocycles. The molecule has 2 aromatic rings. The van der Waals surface area contributed by atoms with Gasteiger partial charge in [-0.2, -0.15) is 5.10 Å². The Morgan fingerprint density at radius 1 is 1.48 bits per heavy atom. The second-order valence-corrected chi connectivity index (χ2v) is 7.81. The molecule has 0 saturated carbocycles. The number of fused-ring (bicyclic) bond motifs is 2. The maximum Gasteiger partial charge on any atom is 0.410 e. The summed E-state index contributed by atoms with van der Waals surface area (Å²) in [5, 5.41) is 7.88. The van der Waals surface area contributed by atoms with E-state index in [2.05, 4.69) is 15.4 Å². The molecule has 4 rings (SSSR count). The van der Waals surface area contributed by atoms with Crippen molar-refractivity contribution >= 4 is 6.09 Å². The average molecular weight is 345 g/mol. The van der Waals surface area contributed by atoms with Crippen LogP contribution in [0.2, 0.25) is 0 Å². The maximum atomic E-state index is 12.2. The standard InChI is InChI=1S/C17H23N5O3/c1-16(2,3)25-15(23)21-9-17(10-21)7-13(14-19-11-20-22(14)17)18-8-12-5-4-6-24-12/h4-6,11,13,18H,7-10H2,1-3H3. The molecule has 134 valence electrons. The van der Waals surface area contributed by atoms with Gasteiger partial charge in [0.25, 0.3) is 0 Å². The Kier molecular flexibility index (Phi) is 3.61.